The molecule has 1 saturated heterocycles. The number of benzene rings is 1. The van der Waals surface area contributed by atoms with Crippen molar-refractivity contribution >= 4 is 5.69 Å². The minimum Gasteiger partial charge on any atom is -0.370 e. The number of nitrogens with two attached hydrogens (primary N) is 1. The van der Waals surface area contributed by atoms with Gasteiger partial charge in [-0.2, -0.15) is 5.26 Å². The zero-order valence-electron chi connectivity index (χ0n) is 9.69. The van der Waals surface area contributed by atoms with Crippen LogP contribution in [0.1, 0.15) is 18.4 Å². The molecule has 2 N–H and O–H groups in total. The number of halogens is 1. The van der Waals surface area contributed by atoms with Crippen molar-refractivity contribution in [1.29, 1.82) is 5.26 Å². The van der Waals surface area contributed by atoms with E-state index in [4.69, 9.17) is 11.0 Å². The molecule has 4 heteroatoms. The lowest BCUT2D eigenvalue weighted by Gasteiger charge is -2.33. The van der Waals surface area contributed by atoms with Gasteiger partial charge in [0.25, 0.3) is 0 Å². The van der Waals surface area contributed by atoms with Crippen LogP contribution in [-0.4, -0.2) is 19.6 Å². The second-order valence-corrected chi connectivity index (χ2v) is 4.44. The van der Waals surface area contributed by atoms with Crippen molar-refractivity contribution in [3.8, 4) is 6.07 Å². The van der Waals surface area contributed by atoms with Crippen LogP contribution in [0.5, 0.6) is 0 Å². The van der Waals surface area contributed by atoms with Crippen LogP contribution in [0.15, 0.2) is 18.2 Å². The first-order valence-corrected chi connectivity index (χ1v) is 5.89. The molecule has 17 heavy (non-hydrogen) atoms. The Morgan fingerprint density at radius 3 is 2.71 bits per heavy atom. The van der Waals surface area contributed by atoms with Crippen LogP contribution in [0.2, 0.25) is 0 Å². The van der Waals surface area contributed by atoms with E-state index in [0.29, 0.717) is 11.5 Å². The molecule has 0 atom stereocenters. The third-order valence-corrected chi connectivity index (χ3v) is 3.37. The molecule has 0 spiro atoms. The van der Waals surface area contributed by atoms with Gasteiger partial charge in [-0.05, 0) is 43.5 Å². The van der Waals surface area contributed by atoms with E-state index in [1.165, 1.54) is 12.1 Å². The van der Waals surface area contributed by atoms with Crippen LogP contribution < -0.4 is 10.6 Å². The Hall–Kier alpha value is -1.60. The standard InChI is InChI=1S/C13H16FN3/c14-12-1-2-13(11(7-12)9-16)17-5-3-10(8-15)4-6-17/h1-2,7,10H,3-6,8,15H2. The van der Waals surface area contributed by atoms with E-state index < -0.39 is 0 Å². The minimum atomic E-state index is -0.359. The second kappa shape index (κ2) is 5.15. The molecule has 1 fully saturated rings. The monoisotopic (exact) mass is 233 g/mol. The van der Waals surface area contributed by atoms with Gasteiger partial charge in [-0.25, -0.2) is 4.39 Å². The fourth-order valence-electron chi connectivity index (χ4n) is 2.28. The summed E-state index contributed by atoms with van der Waals surface area (Å²) in [5, 5.41) is 9.01. The van der Waals surface area contributed by atoms with Crippen molar-refractivity contribution in [2.75, 3.05) is 24.5 Å². The molecule has 0 amide bonds. The van der Waals surface area contributed by atoms with Gasteiger partial charge < -0.3 is 10.6 Å². The van der Waals surface area contributed by atoms with Gasteiger partial charge in [0.2, 0.25) is 0 Å². The number of nitriles is 1. The molecule has 0 unspecified atom stereocenters. The van der Waals surface area contributed by atoms with Crippen molar-refractivity contribution in [3.05, 3.63) is 29.6 Å². The van der Waals surface area contributed by atoms with Crippen molar-refractivity contribution in [3.63, 3.8) is 0 Å². The number of rotatable bonds is 2. The van der Waals surface area contributed by atoms with Gasteiger partial charge in [-0.3, -0.25) is 0 Å². The first-order chi connectivity index (χ1) is 8.24. The van der Waals surface area contributed by atoms with E-state index in [-0.39, 0.29) is 5.82 Å². The van der Waals surface area contributed by atoms with E-state index in [1.54, 1.807) is 6.07 Å². The van der Waals surface area contributed by atoms with Crippen molar-refractivity contribution in [2.24, 2.45) is 11.7 Å². The van der Waals surface area contributed by atoms with Gasteiger partial charge in [0.15, 0.2) is 0 Å². The molecule has 3 nitrogen and oxygen atoms in total. The van der Waals surface area contributed by atoms with Crippen molar-refractivity contribution < 1.29 is 4.39 Å². The average molecular weight is 233 g/mol. The predicted molar refractivity (Wildman–Crippen MR) is 65.1 cm³/mol. The summed E-state index contributed by atoms with van der Waals surface area (Å²) in [6.07, 6.45) is 2.08. The summed E-state index contributed by atoms with van der Waals surface area (Å²) < 4.78 is 13.0. The van der Waals surface area contributed by atoms with Crippen LogP contribution in [-0.2, 0) is 0 Å². The Morgan fingerprint density at radius 2 is 2.12 bits per heavy atom. The zero-order valence-corrected chi connectivity index (χ0v) is 9.69. The Labute approximate surface area is 101 Å². The largest absolute Gasteiger partial charge is 0.370 e. The van der Waals surface area contributed by atoms with Crippen LogP contribution in [0.3, 0.4) is 0 Å². The smallest absolute Gasteiger partial charge is 0.124 e. The zero-order chi connectivity index (χ0) is 12.3. The molecule has 0 aliphatic carbocycles. The quantitative estimate of drug-likeness (QED) is 0.848. The maximum atomic E-state index is 13.0. The SMILES string of the molecule is N#Cc1cc(F)ccc1N1CCC(CN)CC1. The summed E-state index contributed by atoms with van der Waals surface area (Å²) in [5.74, 6) is 0.222. The molecule has 1 aliphatic heterocycles. The van der Waals surface area contributed by atoms with Gasteiger partial charge in [-0.15, -0.1) is 0 Å². The summed E-state index contributed by atoms with van der Waals surface area (Å²) in [4.78, 5) is 2.14. The highest BCUT2D eigenvalue weighted by Crippen LogP contribution is 2.26. The number of nitrogens with zero attached hydrogens (tertiary/aromatic N) is 2. The maximum Gasteiger partial charge on any atom is 0.124 e. The van der Waals surface area contributed by atoms with Crippen LogP contribution in [0.4, 0.5) is 10.1 Å². The van der Waals surface area contributed by atoms with Gasteiger partial charge in [0, 0.05) is 13.1 Å². The third kappa shape index (κ3) is 2.56. The number of hydrogen-bond donors (Lipinski definition) is 1. The maximum absolute atomic E-state index is 13.0. The van der Waals surface area contributed by atoms with Gasteiger partial charge in [0.05, 0.1) is 11.3 Å². The molecule has 0 bridgehead atoms. The summed E-state index contributed by atoms with van der Waals surface area (Å²) >= 11 is 0. The molecule has 1 aromatic rings. The molecular weight excluding hydrogens is 217 g/mol. The topological polar surface area (TPSA) is 53.0 Å². The Kier molecular flexibility index (Phi) is 3.60. The average Bonchev–Trinajstić information content (AvgIpc) is 2.39. The number of hydrogen-bond acceptors (Lipinski definition) is 3. The summed E-state index contributed by atoms with van der Waals surface area (Å²) in [7, 11) is 0. The highest BCUT2D eigenvalue weighted by Gasteiger charge is 2.20. The lowest BCUT2D eigenvalue weighted by molar-refractivity contribution is 0.414. The molecule has 2 rings (SSSR count). The minimum absolute atomic E-state index is 0.359. The van der Waals surface area contributed by atoms with Gasteiger partial charge in [-0.1, -0.05) is 0 Å². The fourth-order valence-corrected chi connectivity index (χ4v) is 2.28. The number of piperidine rings is 1. The first kappa shape index (κ1) is 11.9. The summed E-state index contributed by atoms with van der Waals surface area (Å²) in [6.45, 7) is 2.51. The van der Waals surface area contributed by atoms with E-state index >= 15 is 0 Å². The lowest BCUT2D eigenvalue weighted by Crippen LogP contribution is -2.36. The predicted octanol–water partition coefficient (Wildman–Crippen LogP) is 1.87. The van der Waals surface area contributed by atoms with E-state index in [9.17, 15) is 4.39 Å². The Bertz CT molecular complexity index is 431. The molecule has 0 aromatic heterocycles. The Balaban J connectivity index is 2.16. The van der Waals surface area contributed by atoms with Crippen LogP contribution >= 0.6 is 0 Å². The first-order valence-electron chi connectivity index (χ1n) is 5.89. The third-order valence-electron chi connectivity index (χ3n) is 3.37. The molecule has 0 radical (unpaired) electrons. The van der Waals surface area contributed by atoms with Crippen LogP contribution in [0, 0.1) is 23.1 Å². The highest BCUT2D eigenvalue weighted by atomic mass is 19.1. The molecule has 1 aromatic carbocycles. The summed E-state index contributed by atoms with van der Waals surface area (Å²) in [5.41, 5.74) is 6.89. The summed E-state index contributed by atoms with van der Waals surface area (Å²) in [6, 6.07) is 6.45. The van der Waals surface area contributed by atoms with E-state index in [1.807, 2.05) is 0 Å². The lowest BCUT2D eigenvalue weighted by atomic mass is 9.96. The normalized spacial score (nSPS) is 16.9. The second-order valence-electron chi connectivity index (χ2n) is 4.44. The van der Waals surface area contributed by atoms with E-state index in [0.717, 1.165) is 38.2 Å². The van der Waals surface area contributed by atoms with E-state index in [2.05, 4.69) is 11.0 Å². The molecule has 1 aliphatic rings. The van der Waals surface area contributed by atoms with Crippen molar-refractivity contribution in [2.45, 2.75) is 12.8 Å². The highest BCUT2D eigenvalue weighted by molar-refractivity contribution is 5.59. The molecule has 0 saturated carbocycles. The van der Waals surface area contributed by atoms with Gasteiger partial charge in [0.1, 0.15) is 11.9 Å². The number of anilines is 1. The van der Waals surface area contributed by atoms with Gasteiger partial charge >= 0.3 is 0 Å². The van der Waals surface area contributed by atoms with Crippen LogP contribution in [0.25, 0.3) is 0 Å². The fraction of sp³-hybridized carbons (Fsp3) is 0.462. The van der Waals surface area contributed by atoms with Crippen molar-refractivity contribution in [1.82, 2.24) is 0 Å². The molecule has 1 heterocycles. The molecular formula is C13H16FN3. The molecule has 90 valence electrons. The Morgan fingerprint density at radius 1 is 1.41 bits per heavy atom.